The summed E-state index contributed by atoms with van der Waals surface area (Å²) in [6.45, 7) is 6.21. The Morgan fingerprint density at radius 1 is 1.39 bits per heavy atom. The topological polar surface area (TPSA) is 56.3 Å². The fraction of sp³-hybridized carbons (Fsp3) is 0.500. The maximum atomic E-state index is 8.88. The average Bonchev–Trinajstić information content (AvgIpc) is 2.29. The summed E-state index contributed by atoms with van der Waals surface area (Å²) in [6.07, 6.45) is 0. The molecule has 0 saturated heterocycles. The zero-order valence-electron chi connectivity index (χ0n) is 11.6. The van der Waals surface area contributed by atoms with E-state index in [1.165, 1.54) is 0 Å². The molecule has 0 amide bonds. The Labute approximate surface area is 110 Å². The van der Waals surface area contributed by atoms with Crippen LogP contribution < -0.4 is 10.6 Å². The Hall–Kier alpha value is -1.73. The molecule has 4 heteroatoms. The molecule has 0 aliphatic heterocycles. The molecule has 0 aliphatic rings. The molecule has 0 saturated carbocycles. The van der Waals surface area contributed by atoms with E-state index in [9.17, 15) is 0 Å². The number of rotatable bonds is 5. The lowest BCUT2D eigenvalue weighted by Gasteiger charge is -2.32. The molecule has 0 fully saturated rings. The van der Waals surface area contributed by atoms with Crippen LogP contribution in [0.3, 0.4) is 0 Å². The van der Waals surface area contributed by atoms with Gasteiger partial charge in [0.05, 0.1) is 11.3 Å². The van der Waals surface area contributed by atoms with Crippen LogP contribution in [-0.2, 0) is 0 Å². The van der Waals surface area contributed by atoms with Crippen molar-refractivity contribution in [1.82, 2.24) is 4.90 Å². The fourth-order valence-electron chi connectivity index (χ4n) is 2.21. The highest BCUT2D eigenvalue weighted by molar-refractivity contribution is 5.63. The zero-order chi connectivity index (χ0) is 13.7. The molecule has 1 rings (SSSR count). The summed E-state index contributed by atoms with van der Waals surface area (Å²) in [4.78, 5) is 4.46. The van der Waals surface area contributed by atoms with Gasteiger partial charge in [0.2, 0.25) is 0 Å². The van der Waals surface area contributed by atoms with Gasteiger partial charge in [0.25, 0.3) is 0 Å². The third kappa shape index (κ3) is 3.38. The highest BCUT2D eigenvalue weighted by atomic mass is 15.2. The summed E-state index contributed by atoms with van der Waals surface area (Å²) in [5.74, 6) is 0. The number of nitrogens with zero attached hydrogens (tertiary/aromatic N) is 3. The molecule has 1 atom stereocenters. The van der Waals surface area contributed by atoms with Gasteiger partial charge in [-0.2, -0.15) is 5.26 Å². The Bertz CT molecular complexity index is 434. The lowest BCUT2D eigenvalue weighted by Crippen LogP contribution is -2.40. The Morgan fingerprint density at radius 3 is 2.50 bits per heavy atom. The quantitative estimate of drug-likeness (QED) is 0.806. The van der Waals surface area contributed by atoms with Crippen molar-refractivity contribution in [3.63, 3.8) is 0 Å². The van der Waals surface area contributed by atoms with E-state index in [4.69, 9.17) is 11.0 Å². The van der Waals surface area contributed by atoms with Crippen LogP contribution in [-0.4, -0.2) is 38.1 Å². The van der Waals surface area contributed by atoms with Gasteiger partial charge < -0.3 is 15.5 Å². The Balaban J connectivity index is 2.95. The SMILES string of the molecule is CCN(c1ccc(C#N)c(N)c1)C(C)CN(C)C. The number of nitrogen functional groups attached to an aromatic ring is 1. The molecule has 0 aliphatic carbocycles. The molecule has 0 aromatic heterocycles. The predicted molar refractivity (Wildman–Crippen MR) is 76.6 cm³/mol. The molecule has 0 radical (unpaired) electrons. The van der Waals surface area contributed by atoms with Gasteiger partial charge in [-0.25, -0.2) is 0 Å². The van der Waals surface area contributed by atoms with E-state index in [1.54, 1.807) is 6.07 Å². The van der Waals surface area contributed by atoms with E-state index in [2.05, 4.69) is 43.8 Å². The first-order chi connectivity index (χ1) is 8.49. The van der Waals surface area contributed by atoms with Crippen molar-refractivity contribution < 1.29 is 0 Å². The van der Waals surface area contributed by atoms with E-state index in [0.29, 0.717) is 17.3 Å². The van der Waals surface area contributed by atoms with Gasteiger partial charge >= 0.3 is 0 Å². The van der Waals surface area contributed by atoms with Crippen molar-refractivity contribution in [2.75, 3.05) is 37.8 Å². The van der Waals surface area contributed by atoms with Crippen molar-refractivity contribution in [3.05, 3.63) is 23.8 Å². The van der Waals surface area contributed by atoms with E-state index >= 15 is 0 Å². The number of likely N-dealkylation sites (N-methyl/N-ethyl adjacent to an activating group) is 2. The second-order valence-electron chi connectivity index (χ2n) is 4.78. The molecule has 0 bridgehead atoms. The molecular formula is C14H22N4. The summed E-state index contributed by atoms with van der Waals surface area (Å²) >= 11 is 0. The van der Waals surface area contributed by atoms with Gasteiger partial charge in [0.1, 0.15) is 6.07 Å². The summed E-state index contributed by atoms with van der Waals surface area (Å²) in [5, 5.41) is 8.88. The first kappa shape index (κ1) is 14.3. The van der Waals surface area contributed by atoms with Gasteiger partial charge in [-0.15, -0.1) is 0 Å². The van der Waals surface area contributed by atoms with Crippen LogP contribution in [0.4, 0.5) is 11.4 Å². The van der Waals surface area contributed by atoms with E-state index < -0.39 is 0 Å². The minimum absolute atomic E-state index is 0.400. The second kappa shape index (κ2) is 6.27. The lowest BCUT2D eigenvalue weighted by atomic mass is 10.1. The molecule has 98 valence electrons. The average molecular weight is 246 g/mol. The normalized spacial score (nSPS) is 12.2. The van der Waals surface area contributed by atoms with E-state index in [-0.39, 0.29) is 0 Å². The van der Waals surface area contributed by atoms with E-state index in [1.807, 2.05) is 12.1 Å². The monoisotopic (exact) mass is 246 g/mol. The van der Waals surface area contributed by atoms with Crippen LogP contribution in [0.1, 0.15) is 19.4 Å². The molecule has 0 heterocycles. The van der Waals surface area contributed by atoms with Crippen molar-refractivity contribution in [2.24, 2.45) is 0 Å². The third-order valence-electron chi connectivity index (χ3n) is 2.99. The minimum atomic E-state index is 0.400. The molecule has 0 spiro atoms. The third-order valence-corrected chi connectivity index (χ3v) is 2.99. The van der Waals surface area contributed by atoms with Crippen LogP contribution in [0.25, 0.3) is 0 Å². The van der Waals surface area contributed by atoms with Crippen molar-refractivity contribution in [2.45, 2.75) is 19.9 Å². The fourth-order valence-corrected chi connectivity index (χ4v) is 2.21. The number of benzene rings is 1. The van der Waals surface area contributed by atoms with Crippen LogP contribution in [0.15, 0.2) is 18.2 Å². The first-order valence-electron chi connectivity index (χ1n) is 6.20. The summed E-state index contributed by atoms with van der Waals surface area (Å²) in [5.41, 5.74) is 8.02. The van der Waals surface area contributed by atoms with Gasteiger partial charge in [0, 0.05) is 24.8 Å². The zero-order valence-corrected chi connectivity index (χ0v) is 11.6. The maximum absolute atomic E-state index is 8.88. The first-order valence-corrected chi connectivity index (χ1v) is 6.20. The minimum Gasteiger partial charge on any atom is -0.398 e. The van der Waals surface area contributed by atoms with E-state index in [0.717, 1.165) is 18.8 Å². The maximum Gasteiger partial charge on any atom is 0.101 e. The summed E-state index contributed by atoms with van der Waals surface area (Å²) in [6, 6.07) is 8.12. The predicted octanol–water partition coefficient (Wildman–Crippen LogP) is 1.92. The summed E-state index contributed by atoms with van der Waals surface area (Å²) in [7, 11) is 4.13. The number of hydrogen-bond donors (Lipinski definition) is 1. The van der Waals surface area contributed by atoms with Crippen molar-refractivity contribution >= 4 is 11.4 Å². The van der Waals surface area contributed by atoms with Crippen LogP contribution in [0, 0.1) is 11.3 Å². The largest absolute Gasteiger partial charge is 0.398 e. The molecule has 18 heavy (non-hydrogen) atoms. The van der Waals surface area contributed by atoms with Gasteiger partial charge in [-0.05, 0) is 46.1 Å². The highest BCUT2D eigenvalue weighted by Gasteiger charge is 2.14. The second-order valence-corrected chi connectivity index (χ2v) is 4.78. The Morgan fingerprint density at radius 2 is 2.06 bits per heavy atom. The number of hydrogen-bond acceptors (Lipinski definition) is 4. The van der Waals surface area contributed by atoms with Crippen LogP contribution >= 0.6 is 0 Å². The van der Waals surface area contributed by atoms with Gasteiger partial charge in [-0.1, -0.05) is 0 Å². The Kier molecular flexibility index (Phi) is 4.99. The van der Waals surface area contributed by atoms with Crippen LogP contribution in [0.5, 0.6) is 0 Å². The molecular weight excluding hydrogens is 224 g/mol. The molecule has 1 unspecified atom stereocenters. The van der Waals surface area contributed by atoms with Crippen molar-refractivity contribution in [3.8, 4) is 6.07 Å². The number of nitrogens with two attached hydrogens (primary N) is 1. The number of nitriles is 1. The smallest absolute Gasteiger partial charge is 0.101 e. The standard InChI is InChI=1S/C14H22N4/c1-5-18(11(2)10-17(3)4)13-7-6-12(9-15)14(16)8-13/h6-8,11H,5,10,16H2,1-4H3. The van der Waals surface area contributed by atoms with Crippen molar-refractivity contribution in [1.29, 1.82) is 5.26 Å². The van der Waals surface area contributed by atoms with Gasteiger partial charge in [-0.3, -0.25) is 0 Å². The van der Waals surface area contributed by atoms with Crippen LogP contribution in [0.2, 0.25) is 0 Å². The number of anilines is 2. The lowest BCUT2D eigenvalue weighted by molar-refractivity contribution is 0.373. The highest BCUT2D eigenvalue weighted by Crippen LogP contribution is 2.22. The molecule has 1 aromatic carbocycles. The molecule has 4 nitrogen and oxygen atoms in total. The van der Waals surface area contributed by atoms with Gasteiger partial charge in [0.15, 0.2) is 0 Å². The molecule has 1 aromatic rings. The molecule has 2 N–H and O–H groups in total. The summed E-state index contributed by atoms with van der Waals surface area (Å²) < 4.78 is 0.